The number of thiazole rings is 1. The first kappa shape index (κ1) is 24.6. The van der Waals surface area contributed by atoms with Crippen LogP contribution in [0, 0.1) is 6.92 Å². The van der Waals surface area contributed by atoms with Crippen LogP contribution in [-0.2, 0) is 0 Å². The molecule has 3 N–H and O–H groups in total. The van der Waals surface area contributed by atoms with Gasteiger partial charge in [-0.3, -0.25) is 9.59 Å². The van der Waals surface area contributed by atoms with Crippen LogP contribution in [0.5, 0.6) is 0 Å². The highest BCUT2D eigenvalue weighted by molar-refractivity contribution is 7.17. The van der Waals surface area contributed by atoms with E-state index in [0.29, 0.717) is 23.2 Å². The van der Waals surface area contributed by atoms with Crippen molar-refractivity contribution in [1.29, 1.82) is 0 Å². The Morgan fingerprint density at radius 3 is 2.59 bits per heavy atom. The lowest BCUT2D eigenvalue weighted by molar-refractivity contribution is 0.0692. The minimum atomic E-state index is -1.04. The van der Waals surface area contributed by atoms with Crippen molar-refractivity contribution in [2.75, 3.05) is 18.4 Å². The molecule has 0 radical (unpaired) electrons. The summed E-state index contributed by atoms with van der Waals surface area (Å²) < 4.78 is 0. The largest absolute Gasteiger partial charge is 0.389 e. The van der Waals surface area contributed by atoms with E-state index in [-0.39, 0.29) is 23.5 Å². The molecular formula is C25H35N5O3S. The van der Waals surface area contributed by atoms with E-state index in [1.165, 1.54) is 24.2 Å². The third-order valence-corrected chi connectivity index (χ3v) is 7.67. The molecule has 2 fully saturated rings. The number of hydrogen-bond acceptors (Lipinski definition) is 7. The van der Waals surface area contributed by atoms with Gasteiger partial charge in [0, 0.05) is 36.9 Å². The van der Waals surface area contributed by atoms with E-state index in [1.54, 1.807) is 20.0 Å². The summed E-state index contributed by atoms with van der Waals surface area (Å²) in [4.78, 5) is 37.9. The highest BCUT2D eigenvalue weighted by Crippen LogP contribution is 2.35. The molecule has 0 bridgehead atoms. The molecule has 2 aromatic rings. The van der Waals surface area contributed by atoms with E-state index >= 15 is 0 Å². The fourth-order valence-electron chi connectivity index (χ4n) is 4.64. The number of aryl methyl sites for hydroxylation is 1. The van der Waals surface area contributed by atoms with Crippen molar-refractivity contribution in [1.82, 2.24) is 20.2 Å². The third kappa shape index (κ3) is 5.58. The summed E-state index contributed by atoms with van der Waals surface area (Å²) in [5.41, 5.74) is 1.05. The second kappa shape index (κ2) is 10.00. The molecule has 1 aliphatic carbocycles. The molecule has 2 aliphatic rings. The van der Waals surface area contributed by atoms with Crippen molar-refractivity contribution in [2.45, 2.75) is 83.9 Å². The molecule has 2 aromatic heterocycles. The van der Waals surface area contributed by atoms with Gasteiger partial charge in [-0.15, -0.1) is 11.3 Å². The topological polar surface area (TPSA) is 107 Å². The maximum atomic E-state index is 13.5. The summed E-state index contributed by atoms with van der Waals surface area (Å²) in [5.74, 6) is 0.291. The number of aromatic nitrogens is 2. The first-order valence-corrected chi connectivity index (χ1v) is 13.0. The fraction of sp³-hybridized carbons (Fsp3) is 0.600. The van der Waals surface area contributed by atoms with Crippen molar-refractivity contribution >= 4 is 29.0 Å². The number of nitrogens with one attached hydrogen (secondary N) is 2. The number of amides is 2. The predicted octanol–water partition coefficient (Wildman–Crippen LogP) is 3.99. The summed E-state index contributed by atoms with van der Waals surface area (Å²) in [6.45, 7) is 8.08. The van der Waals surface area contributed by atoms with E-state index in [4.69, 9.17) is 0 Å². The molecule has 8 nitrogen and oxygen atoms in total. The summed E-state index contributed by atoms with van der Waals surface area (Å²) in [5, 5.41) is 16.4. The number of rotatable bonds is 7. The second-order valence-corrected chi connectivity index (χ2v) is 11.2. The monoisotopic (exact) mass is 485 g/mol. The van der Waals surface area contributed by atoms with Gasteiger partial charge in [0.25, 0.3) is 11.8 Å². The number of hydrogen-bond donors (Lipinski definition) is 3. The van der Waals surface area contributed by atoms with Crippen LogP contribution in [0.15, 0.2) is 12.3 Å². The molecule has 1 aliphatic heterocycles. The number of carbonyl (C=O) groups excluding carboxylic acids is 2. The zero-order valence-electron chi connectivity index (χ0n) is 20.5. The lowest BCUT2D eigenvalue weighted by Crippen LogP contribution is -2.38. The number of likely N-dealkylation sites (tertiary alicyclic amines) is 1. The molecule has 3 heterocycles. The number of pyridine rings is 1. The lowest BCUT2D eigenvalue weighted by Gasteiger charge is -2.21. The van der Waals surface area contributed by atoms with Crippen LogP contribution in [0.2, 0.25) is 0 Å². The second-order valence-electron chi connectivity index (χ2n) is 10.2. The Morgan fingerprint density at radius 1 is 1.24 bits per heavy atom. The number of aliphatic hydroxyl groups is 1. The van der Waals surface area contributed by atoms with E-state index in [1.807, 2.05) is 24.8 Å². The van der Waals surface area contributed by atoms with Crippen molar-refractivity contribution in [3.05, 3.63) is 28.5 Å². The van der Waals surface area contributed by atoms with Crippen molar-refractivity contribution in [2.24, 2.45) is 0 Å². The third-order valence-electron chi connectivity index (χ3n) is 6.58. The maximum absolute atomic E-state index is 13.5. The van der Waals surface area contributed by atoms with Crippen molar-refractivity contribution in [3.63, 3.8) is 0 Å². The SMILES string of the molecule is Cc1cc(NC2CCCC2)ncc1-c1sc(C(=O)NCC(C)(C)O)nc1C(=O)N1CCC[C@@H]1C. The van der Waals surface area contributed by atoms with Gasteiger partial charge in [0.05, 0.1) is 10.5 Å². The van der Waals surface area contributed by atoms with Gasteiger partial charge in [-0.25, -0.2) is 9.97 Å². The van der Waals surface area contributed by atoms with Crippen LogP contribution in [0.25, 0.3) is 10.4 Å². The Morgan fingerprint density at radius 2 is 1.97 bits per heavy atom. The zero-order chi connectivity index (χ0) is 24.5. The van der Waals surface area contributed by atoms with Crippen LogP contribution in [0.3, 0.4) is 0 Å². The van der Waals surface area contributed by atoms with Gasteiger partial charge in [-0.2, -0.15) is 0 Å². The Labute approximate surface area is 205 Å². The summed E-state index contributed by atoms with van der Waals surface area (Å²) in [6.07, 6.45) is 8.52. The van der Waals surface area contributed by atoms with E-state index in [2.05, 4.69) is 20.6 Å². The molecular weight excluding hydrogens is 450 g/mol. The van der Waals surface area contributed by atoms with Crippen molar-refractivity contribution < 1.29 is 14.7 Å². The molecule has 1 saturated heterocycles. The van der Waals surface area contributed by atoms with Gasteiger partial charge in [0.2, 0.25) is 0 Å². The Kier molecular flexibility index (Phi) is 7.23. The standard InChI is InChI=1S/C25H35N5O3S/c1-15-12-19(28-17-9-5-6-10-17)26-13-18(15)21-20(24(32)30-11-7-8-16(30)2)29-23(34-21)22(31)27-14-25(3,4)33/h12-13,16-17,33H,5-11,14H2,1-4H3,(H,26,28)(H,27,31)/t16-/m0/s1. The van der Waals surface area contributed by atoms with Gasteiger partial charge in [-0.05, 0) is 65.0 Å². The molecule has 34 heavy (non-hydrogen) atoms. The highest BCUT2D eigenvalue weighted by atomic mass is 32.1. The predicted molar refractivity (Wildman–Crippen MR) is 134 cm³/mol. The first-order valence-electron chi connectivity index (χ1n) is 12.2. The molecule has 9 heteroatoms. The lowest BCUT2D eigenvalue weighted by atomic mass is 10.1. The number of carbonyl (C=O) groups is 2. The average molecular weight is 486 g/mol. The minimum Gasteiger partial charge on any atom is -0.389 e. The van der Waals surface area contributed by atoms with Gasteiger partial charge in [-0.1, -0.05) is 12.8 Å². The molecule has 2 amide bonds. The summed E-state index contributed by atoms with van der Waals surface area (Å²) in [7, 11) is 0. The van der Waals surface area contributed by atoms with Gasteiger partial charge < -0.3 is 20.6 Å². The van der Waals surface area contributed by atoms with Crippen LogP contribution >= 0.6 is 11.3 Å². The van der Waals surface area contributed by atoms with E-state index in [0.717, 1.165) is 42.6 Å². The molecule has 1 saturated carbocycles. The van der Waals surface area contributed by atoms with Crippen molar-refractivity contribution in [3.8, 4) is 10.4 Å². The quantitative estimate of drug-likeness (QED) is 0.547. The molecule has 0 aromatic carbocycles. The summed E-state index contributed by atoms with van der Waals surface area (Å²) in [6, 6.07) is 2.61. The Hall–Kier alpha value is -2.52. The minimum absolute atomic E-state index is 0.0926. The number of nitrogens with zero attached hydrogens (tertiary/aromatic N) is 3. The van der Waals surface area contributed by atoms with Crippen LogP contribution in [-0.4, -0.2) is 62.6 Å². The average Bonchev–Trinajstić information content (AvgIpc) is 3.52. The summed E-state index contributed by atoms with van der Waals surface area (Å²) >= 11 is 1.20. The van der Waals surface area contributed by atoms with Gasteiger partial charge >= 0.3 is 0 Å². The molecule has 1 atom stereocenters. The number of anilines is 1. The van der Waals surface area contributed by atoms with Crippen LogP contribution in [0.4, 0.5) is 5.82 Å². The zero-order valence-corrected chi connectivity index (χ0v) is 21.3. The van der Waals surface area contributed by atoms with E-state index in [9.17, 15) is 14.7 Å². The van der Waals surface area contributed by atoms with Gasteiger partial charge in [0.15, 0.2) is 5.01 Å². The molecule has 4 rings (SSSR count). The Balaban J connectivity index is 1.66. The van der Waals surface area contributed by atoms with Crippen LogP contribution < -0.4 is 10.6 Å². The molecule has 184 valence electrons. The smallest absolute Gasteiger partial charge is 0.280 e. The maximum Gasteiger partial charge on any atom is 0.280 e. The molecule has 0 spiro atoms. The van der Waals surface area contributed by atoms with Crippen LogP contribution in [0.1, 0.15) is 85.2 Å². The normalized spacial score (nSPS) is 19.0. The molecule has 0 unspecified atom stereocenters. The fourth-order valence-corrected chi connectivity index (χ4v) is 5.69. The highest BCUT2D eigenvalue weighted by Gasteiger charge is 2.32. The first-order chi connectivity index (χ1) is 16.1. The van der Waals surface area contributed by atoms with Gasteiger partial charge in [0.1, 0.15) is 11.5 Å². The Bertz CT molecular complexity index is 1060. The van der Waals surface area contributed by atoms with E-state index < -0.39 is 11.5 Å².